The number of piperazine rings is 1. The van der Waals surface area contributed by atoms with E-state index in [0.29, 0.717) is 6.10 Å². The zero-order chi connectivity index (χ0) is 13.2. The lowest BCUT2D eigenvalue weighted by atomic mass is 9.92. The molecule has 0 spiro atoms. The fourth-order valence-corrected chi connectivity index (χ4v) is 4.36. The van der Waals surface area contributed by atoms with Crippen LogP contribution < -0.4 is 0 Å². The summed E-state index contributed by atoms with van der Waals surface area (Å²) in [5.41, 5.74) is 0. The Balaban J connectivity index is 1.68. The molecule has 0 aromatic heterocycles. The minimum Gasteiger partial charge on any atom is -0.378 e. The number of ether oxygens (including phenoxy) is 1. The summed E-state index contributed by atoms with van der Waals surface area (Å²) in [6.07, 6.45) is 8.52. The molecule has 4 unspecified atom stereocenters. The Morgan fingerprint density at radius 1 is 1.11 bits per heavy atom. The fourth-order valence-electron chi connectivity index (χ4n) is 4.36. The first kappa shape index (κ1) is 13.8. The van der Waals surface area contributed by atoms with Crippen molar-refractivity contribution in [2.24, 2.45) is 0 Å². The zero-order valence-corrected chi connectivity index (χ0v) is 12.7. The molecule has 0 aliphatic carbocycles. The molecule has 3 aliphatic heterocycles. The van der Waals surface area contributed by atoms with Crippen molar-refractivity contribution < 1.29 is 4.74 Å². The van der Waals surface area contributed by atoms with Crippen LogP contribution in [0.5, 0.6) is 0 Å². The van der Waals surface area contributed by atoms with Crippen molar-refractivity contribution in [1.82, 2.24) is 9.80 Å². The van der Waals surface area contributed by atoms with Crippen molar-refractivity contribution in [2.75, 3.05) is 26.2 Å². The predicted molar refractivity (Wildman–Crippen MR) is 78.4 cm³/mol. The quantitative estimate of drug-likeness (QED) is 0.764. The van der Waals surface area contributed by atoms with E-state index >= 15 is 0 Å². The van der Waals surface area contributed by atoms with E-state index in [1.54, 1.807) is 0 Å². The molecule has 3 fully saturated rings. The molecule has 3 aliphatic rings. The van der Waals surface area contributed by atoms with Gasteiger partial charge in [-0.05, 0) is 45.6 Å². The predicted octanol–water partition coefficient (Wildman–Crippen LogP) is 2.50. The van der Waals surface area contributed by atoms with E-state index in [2.05, 4.69) is 23.6 Å². The van der Waals surface area contributed by atoms with Crippen molar-refractivity contribution in [3.8, 4) is 0 Å². The maximum atomic E-state index is 5.74. The molecule has 0 saturated carbocycles. The number of rotatable bonds is 2. The zero-order valence-electron chi connectivity index (χ0n) is 12.7. The van der Waals surface area contributed by atoms with Crippen LogP contribution in [0.1, 0.15) is 52.4 Å². The number of hydrogen-bond acceptors (Lipinski definition) is 3. The van der Waals surface area contributed by atoms with E-state index in [0.717, 1.165) is 24.7 Å². The molecule has 3 saturated heterocycles. The first-order valence-electron chi connectivity index (χ1n) is 8.39. The Morgan fingerprint density at radius 3 is 2.79 bits per heavy atom. The summed E-state index contributed by atoms with van der Waals surface area (Å²) < 4.78 is 5.74. The van der Waals surface area contributed by atoms with Gasteiger partial charge in [-0.25, -0.2) is 0 Å². The number of fused-ring (bicyclic) bond motifs is 1. The molecule has 0 aromatic rings. The van der Waals surface area contributed by atoms with Crippen molar-refractivity contribution in [3.05, 3.63) is 0 Å². The molecule has 3 heterocycles. The normalized spacial score (nSPS) is 42.0. The van der Waals surface area contributed by atoms with Crippen LogP contribution in [0.3, 0.4) is 0 Å². The molecule has 110 valence electrons. The van der Waals surface area contributed by atoms with Gasteiger partial charge in [-0.1, -0.05) is 13.3 Å². The lowest BCUT2D eigenvalue weighted by Gasteiger charge is -2.52. The third kappa shape index (κ3) is 2.98. The number of piperidine rings is 1. The average Bonchev–Trinajstić information content (AvgIpc) is 2.46. The van der Waals surface area contributed by atoms with Crippen LogP contribution in [0.4, 0.5) is 0 Å². The third-order valence-corrected chi connectivity index (χ3v) is 5.48. The highest BCUT2D eigenvalue weighted by molar-refractivity contribution is 4.94. The van der Waals surface area contributed by atoms with Crippen LogP contribution in [-0.2, 0) is 4.74 Å². The molecule has 3 heteroatoms. The lowest BCUT2D eigenvalue weighted by molar-refractivity contribution is -0.0660. The minimum atomic E-state index is 0.459. The summed E-state index contributed by atoms with van der Waals surface area (Å²) in [7, 11) is 0. The third-order valence-electron chi connectivity index (χ3n) is 5.48. The standard InChI is InChI=1S/C16H30N2O/c1-3-14-11-17-8-5-4-6-16(17)12-18(14)15-7-9-19-13(2)10-15/h13-16H,3-12H2,1-2H3. The average molecular weight is 266 g/mol. The Bertz CT molecular complexity index is 296. The highest BCUT2D eigenvalue weighted by Crippen LogP contribution is 2.30. The maximum Gasteiger partial charge on any atom is 0.0561 e. The molecule has 0 aromatic carbocycles. The van der Waals surface area contributed by atoms with Crippen molar-refractivity contribution in [3.63, 3.8) is 0 Å². The van der Waals surface area contributed by atoms with Crippen LogP contribution in [0, 0.1) is 0 Å². The summed E-state index contributed by atoms with van der Waals surface area (Å²) in [6, 6.07) is 2.40. The van der Waals surface area contributed by atoms with Gasteiger partial charge in [-0.15, -0.1) is 0 Å². The minimum absolute atomic E-state index is 0.459. The Kier molecular flexibility index (Phi) is 4.45. The molecular formula is C16H30N2O. The van der Waals surface area contributed by atoms with Gasteiger partial charge in [0.05, 0.1) is 6.10 Å². The second-order valence-electron chi connectivity index (χ2n) is 6.76. The second kappa shape index (κ2) is 6.11. The Labute approximate surface area is 118 Å². The van der Waals surface area contributed by atoms with Crippen LogP contribution in [0.15, 0.2) is 0 Å². The molecule has 3 nitrogen and oxygen atoms in total. The number of hydrogen-bond donors (Lipinski definition) is 0. The number of nitrogens with zero attached hydrogens (tertiary/aromatic N) is 2. The summed E-state index contributed by atoms with van der Waals surface area (Å²) in [6.45, 7) is 9.55. The van der Waals surface area contributed by atoms with Crippen molar-refractivity contribution >= 4 is 0 Å². The van der Waals surface area contributed by atoms with Gasteiger partial charge in [0.25, 0.3) is 0 Å². The summed E-state index contributed by atoms with van der Waals surface area (Å²) in [5, 5.41) is 0. The molecule has 0 radical (unpaired) electrons. The molecular weight excluding hydrogens is 236 g/mol. The topological polar surface area (TPSA) is 15.7 Å². The van der Waals surface area contributed by atoms with Gasteiger partial charge in [-0.3, -0.25) is 9.80 Å². The van der Waals surface area contributed by atoms with Crippen molar-refractivity contribution in [1.29, 1.82) is 0 Å². The van der Waals surface area contributed by atoms with Gasteiger partial charge in [0, 0.05) is 37.8 Å². The molecule has 4 atom stereocenters. The summed E-state index contributed by atoms with van der Waals surface area (Å²) in [4.78, 5) is 5.63. The fraction of sp³-hybridized carbons (Fsp3) is 1.00. The summed E-state index contributed by atoms with van der Waals surface area (Å²) >= 11 is 0. The van der Waals surface area contributed by atoms with E-state index in [-0.39, 0.29) is 0 Å². The molecule has 0 bridgehead atoms. The van der Waals surface area contributed by atoms with E-state index in [1.807, 2.05) is 0 Å². The van der Waals surface area contributed by atoms with Gasteiger partial charge < -0.3 is 4.74 Å². The van der Waals surface area contributed by atoms with Crippen LogP contribution in [-0.4, -0.2) is 60.3 Å². The van der Waals surface area contributed by atoms with E-state index in [4.69, 9.17) is 4.74 Å². The first-order valence-corrected chi connectivity index (χ1v) is 8.39. The molecule has 3 rings (SSSR count). The van der Waals surface area contributed by atoms with Gasteiger partial charge >= 0.3 is 0 Å². The van der Waals surface area contributed by atoms with Crippen LogP contribution in [0.25, 0.3) is 0 Å². The van der Waals surface area contributed by atoms with E-state index in [1.165, 1.54) is 58.2 Å². The largest absolute Gasteiger partial charge is 0.378 e. The highest BCUT2D eigenvalue weighted by atomic mass is 16.5. The Morgan fingerprint density at radius 2 is 2.00 bits per heavy atom. The smallest absolute Gasteiger partial charge is 0.0561 e. The van der Waals surface area contributed by atoms with Gasteiger partial charge in [-0.2, -0.15) is 0 Å². The molecule has 0 N–H and O–H groups in total. The first-order chi connectivity index (χ1) is 9.28. The van der Waals surface area contributed by atoms with Crippen LogP contribution in [0.2, 0.25) is 0 Å². The SMILES string of the molecule is CCC1CN2CCCCC2CN1C1CCOC(C)C1. The van der Waals surface area contributed by atoms with E-state index < -0.39 is 0 Å². The molecule has 0 amide bonds. The highest BCUT2D eigenvalue weighted by Gasteiger charge is 2.38. The van der Waals surface area contributed by atoms with Crippen molar-refractivity contribution in [2.45, 2.75) is 76.6 Å². The Hall–Kier alpha value is -0.120. The second-order valence-corrected chi connectivity index (χ2v) is 6.76. The van der Waals surface area contributed by atoms with Gasteiger partial charge in [0.1, 0.15) is 0 Å². The van der Waals surface area contributed by atoms with E-state index in [9.17, 15) is 0 Å². The van der Waals surface area contributed by atoms with Gasteiger partial charge in [0.2, 0.25) is 0 Å². The maximum absolute atomic E-state index is 5.74. The molecule has 19 heavy (non-hydrogen) atoms. The van der Waals surface area contributed by atoms with Crippen LogP contribution >= 0.6 is 0 Å². The van der Waals surface area contributed by atoms with Gasteiger partial charge in [0.15, 0.2) is 0 Å². The lowest BCUT2D eigenvalue weighted by Crippen LogP contribution is -2.62. The summed E-state index contributed by atoms with van der Waals surface area (Å²) in [5.74, 6) is 0. The monoisotopic (exact) mass is 266 g/mol.